The third kappa shape index (κ3) is 4.48. The largest absolute Gasteiger partial charge is 0.484 e. The summed E-state index contributed by atoms with van der Waals surface area (Å²) in [6.45, 7) is 4.56. The lowest BCUT2D eigenvalue weighted by molar-refractivity contribution is -0.123. The number of aryl methyl sites for hydroxylation is 2. The molecule has 0 aliphatic carbocycles. The fourth-order valence-corrected chi connectivity index (χ4v) is 3.37. The standard InChI is InChI=1S/C19H21N3O2S/c1-13-5-6-16(14(2)10-13)24-11-18(23)20-8-7-15-19(22-12-21-15)17-4-3-9-25-17/h3-6,9-10,12H,7-8,11H2,1-2H3,(H,20,23)(H,21,22). The van der Waals surface area contributed by atoms with Gasteiger partial charge in [-0.15, -0.1) is 11.3 Å². The zero-order valence-corrected chi connectivity index (χ0v) is 15.2. The van der Waals surface area contributed by atoms with E-state index in [-0.39, 0.29) is 12.5 Å². The first-order valence-electron chi connectivity index (χ1n) is 8.16. The fourth-order valence-electron chi connectivity index (χ4n) is 2.62. The molecule has 2 N–H and O–H groups in total. The Kier molecular flexibility index (Phi) is 5.50. The second-order valence-electron chi connectivity index (χ2n) is 5.86. The van der Waals surface area contributed by atoms with Gasteiger partial charge in [0.05, 0.1) is 11.2 Å². The highest BCUT2D eigenvalue weighted by Crippen LogP contribution is 2.25. The Balaban J connectivity index is 1.46. The first-order chi connectivity index (χ1) is 12.1. The van der Waals surface area contributed by atoms with E-state index in [2.05, 4.69) is 15.3 Å². The van der Waals surface area contributed by atoms with Crippen LogP contribution >= 0.6 is 11.3 Å². The first-order valence-corrected chi connectivity index (χ1v) is 9.04. The Labute approximate surface area is 151 Å². The second kappa shape index (κ2) is 7.98. The number of aromatic nitrogens is 2. The Morgan fingerprint density at radius 2 is 2.20 bits per heavy atom. The van der Waals surface area contributed by atoms with Gasteiger partial charge in [-0.05, 0) is 36.9 Å². The van der Waals surface area contributed by atoms with Gasteiger partial charge in [-0.25, -0.2) is 4.98 Å². The van der Waals surface area contributed by atoms with E-state index in [0.717, 1.165) is 27.6 Å². The maximum absolute atomic E-state index is 12.0. The molecular formula is C19H21N3O2S. The van der Waals surface area contributed by atoms with E-state index in [4.69, 9.17) is 4.74 Å². The summed E-state index contributed by atoms with van der Waals surface area (Å²) in [4.78, 5) is 20.6. The van der Waals surface area contributed by atoms with Crippen LogP contribution in [0.15, 0.2) is 42.0 Å². The molecule has 0 aliphatic rings. The van der Waals surface area contributed by atoms with Crippen LogP contribution in [0.3, 0.4) is 0 Å². The van der Waals surface area contributed by atoms with Crippen LogP contribution in [0.4, 0.5) is 0 Å². The van der Waals surface area contributed by atoms with E-state index in [0.29, 0.717) is 13.0 Å². The summed E-state index contributed by atoms with van der Waals surface area (Å²) in [6, 6.07) is 9.96. The maximum Gasteiger partial charge on any atom is 0.257 e. The van der Waals surface area contributed by atoms with Crippen LogP contribution in [0.25, 0.3) is 10.6 Å². The van der Waals surface area contributed by atoms with Crippen LogP contribution in [0.5, 0.6) is 5.75 Å². The summed E-state index contributed by atoms with van der Waals surface area (Å²) in [6.07, 6.45) is 2.39. The number of carbonyl (C=O) groups excluding carboxylic acids is 1. The molecular weight excluding hydrogens is 334 g/mol. The molecule has 0 unspecified atom stereocenters. The molecule has 0 saturated carbocycles. The van der Waals surface area contributed by atoms with E-state index >= 15 is 0 Å². The number of hydrogen-bond donors (Lipinski definition) is 2. The number of ether oxygens (including phenoxy) is 1. The zero-order valence-electron chi connectivity index (χ0n) is 14.3. The van der Waals surface area contributed by atoms with Gasteiger partial charge in [0.2, 0.25) is 0 Å². The van der Waals surface area contributed by atoms with Crippen molar-refractivity contribution >= 4 is 17.2 Å². The highest BCUT2D eigenvalue weighted by atomic mass is 32.1. The predicted molar refractivity (Wildman–Crippen MR) is 100 cm³/mol. The number of nitrogens with zero attached hydrogens (tertiary/aromatic N) is 1. The number of nitrogens with one attached hydrogen (secondary N) is 2. The molecule has 25 heavy (non-hydrogen) atoms. The zero-order chi connectivity index (χ0) is 17.6. The Bertz CT molecular complexity index is 840. The molecule has 1 aromatic carbocycles. The minimum absolute atomic E-state index is 0.0185. The quantitative estimate of drug-likeness (QED) is 0.682. The number of H-pyrrole nitrogens is 1. The van der Waals surface area contributed by atoms with Crippen LogP contribution in [0.2, 0.25) is 0 Å². The number of aromatic amines is 1. The summed E-state index contributed by atoms with van der Waals surface area (Å²) >= 11 is 1.65. The number of benzene rings is 1. The van der Waals surface area contributed by atoms with Crippen LogP contribution in [-0.2, 0) is 11.2 Å². The topological polar surface area (TPSA) is 67.0 Å². The molecule has 0 saturated heterocycles. The molecule has 130 valence electrons. The summed E-state index contributed by atoms with van der Waals surface area (Å²) in [7, 11) is 0. The Morgan fingerprint density at radius 3 is 2.96 bits per heavy atom. The van der Waals surface area contributed by atoms with E-state index in [1.165, 1.54) is 5.56 Å². The number of hydrogen-bond acceptors (Lipinski definition) is 4. The van der Waals surface area contributed by atoms with Crippen LogP contribution < -0.4 is 10.1 Å². The molecule has 6 heteroatoms. The SMILES string of the molecule is Cc1ccc(OCC(=O)NCCc2[nH]cnc2-c2cccs2)c(C)c1. The molecule has 3 rings (SSSR count). The summed E-state index contributed by atoms with van der Waals surface area (Å²) in [5.41, 5.74) is 4.19. The van der Waals surface area contributed by atoms with Crippen molar-refractivity contribution in [2.75, 3.05) is 13.2 Å². The van der Waals surface area contributed by atoms with Gasteiger partial charge in [0.15, 0.2) is 6.61 Å². The van der Waals surface area contributed by atoms with Gasteiger partial charge in [-0.1, -0.05) is 23.8 Å². The highest BCUT2D eigenvalue weighted by Gasteiger charge is 2.10. The van der Waals surface area contributed by atoms with Crippen molar-refractivity contribution < 1.29 is 9.53 Å². The Hall–Kier alpha value is -2.60. The van der Waals surface area contributed by atoms with Crippen molar-refractivity contribution in [3.8, 4) is 16.3 Å². The molecule has 0 radical (unpaired) electrons. The third-order valence-corrected chi connectivity index (χ3v) is 4.74. The van der Waals surface area contributed by atoms with Gasteiger partial charge in [-0.3, -0.25) is 4.79 Å². The monoisotopic (exact) mass is 355 g/mol. The van der Waals surface area contributed by atoms with Gasteiger partial charge in [0.25, 0.3) is 5.91 Å². The lowest BCUT2D eigenvalue weighted by Crippen LogP contribution is -2.30. The number of imidazole rings is 1. The maximum atomic E-state index is 12.0. The van der Waals surface area contributed by atoms with Crippen LogP contribution in [0.1, 0.15) is 16.8 Å². The Morgan fingerprint density at radius 1 is 1.32 bits per heavy atom. The smallest absolute Gasteiger partial charge is 0.257 e. The van der Waals surface area contributed by atoms with Crippen LogP contribution in [-0.4, -0.2) is 29.0 Å². The molecule has 2 heterocycles. The van der Waals surface area contributed by atoms with Crippen LogP contribution in [0, 0.1) is 13.8 Å². The highest BCUT2D eigenvalue weighted by molar-refractivity contribution is 7.13. The van der Waals surface area contributed by atoms with E-state index in [1.807, 2.05) is 49.6 Å². The van der Waals surface area contributed by atoms with E-state index in [1.54, 1.807) is 17.7 Å². The van der Waals surface area contributed by atoms with Gasteiger partial charge in [-0.2, -0.15) is 0 Å². The number of amides is 1. The fraction of sp³-hybridized carbons (Fsp3) is 0.263. The molecule has 2 aromatic heterocycles. The summed E-state index contributed by atoms with van der Waals surface area (Å²) in [5.74, 6) is 0.617. The van der Waals surface area contributed by atoms with E-state index in [9.17, 15) is 4.79 Å². The van der Waals surface area contributed by atoms with Gasteiger partial charge < -0.3 is 15.0 Å². The average molecular weight is 355 g/mol. The normalized spacial score (nSPS) is 10.6. The van der Waals surface area contributed by atoms with Crippen molar-refractivity contribution in [3.63, 3.8) is 0 Å². The van der Waals surface area contributed by atoms with Gasteiger partial charge >= 0.3 is 0 Å². The minimum atomic E-state index is -0.128. The van der Waals surface area contributed by atoms with Crippen molar-refractivity contribution in [2.24, 2.45) is 0 Å². The predicted octanol–water partition coefficient (Wildman–Crippen LogP) is 3.49. The summed E-state index contributed by atoms with van der Waals surface area (Å²) in [5, 5.41) is 4.91. The van der Waals surface area contributed by atoms with Crippen molar-refractivity contribution in [2.45, 2.75) is 20.3 Å². The van der Waals surface area contributed by atoms with E-state index < -0.39 is 0 Å². The summed E-state index contributed by atoms with van der Waals surface area (Å²) < 4.78 is 5.59. The molecule has 0 aliphatic heterocycles. The molecule has 0 bridgehead atoms. The number of rotatable bonds is 7. The van der Waals surface area contributed by atoms with Gasteiger partial charge in [0, 0.05) is 18.7 Å². The van der Waals surface area contributed by atoms with Crippen molar-refractivity contribution in [3.05, 3.63) is 58.9 Å². The second-order valence-corrected chi connectivity index (χ2v) is 6.81. The first kappa shape index (κ1) is 17.2. The molecule has 0 atom stereocenters. The molecule has 3 aromatic rings. The third-order valence-electron chi connectivity index (χ3n) is 3.86. The lowest BCUT2D eigenvalue weighted by atomic mass is 10.1. The lowest BCUT2D eigenvalue weighted by Gasteiger charge is -2.10. The molecule has 1 amide bonds. The van der Waals surface area contributed by atoms with Crippen molar-refractivity contribution in [1.29, 1.82) is 0 Å². The minimum Gasteiger partial charge on any atom is -0.484 e. The van der Waals surface area contributed by atoms with Gasteiger partial charge in [0.1, 0.15) is 11.4 Å². The molecule has 0 spiro atoms. The van der Waals surface area contributed by atoms with Crippen molar-refractivity contribution in [1.82, 2.24) is 15.3 Å². The molecule has 5 nitrogen and oxygen atoms in total. The average Bonchev–Trinajstić information content (AvgIpc) is 3.25. The number of thiophene rings is 1. The molecule has 0 fully saturated rings. The number of carbonyl (C=O) groups is 1.